The standard InChI is InChI=1S/C28H34ClN7O4/c1-15-11-21(25(37)35-34-15)40-22-13-31-24(32-16(22)2)26(38)33-17(3)27(39)36-20(18-7-6-8-19(29)12-18)9-10-23(36)28(4,5)14-30/h6-8,12-13,15,17,20-21,23,34H,9-11H2,1-5H3,(H,33,38)(H,35,37)/t15?,17-,20+,21?,23-/m1/s1. The summed E-state index contributed by atoms with van der Waals surface area (Å²) in [5.74, 6) is -1.08. The van der Waals surface area contributed by atoms with Crippen LogP contribution in [-0.2, 0) is 9.59 Å². The van der Waals surface area contributed by atoms with Crippen molar-refractivity contribution in [3.8, 4) is 11.8 Å². The summed E-state index contributed by atoms with van der Waals surface area (Å²) in [5, 5.41) is 13.1. The van der Waals surface area contributed by atoms with Gasteiger partial charge in [0.2, 0.25) is 11.7 Å². The minimum Gasteiger partial charge on any atom is -0.477 e. The van der Waals surface area contributed by atoms with Gasteiger partial charge in [-0.25, -0.2) is 15.4 Å². The molecule has 2 aromatic rings. The molecule has 0 saturated carbocycles. The van der Waals surface area contributed by atoms with E-state index in [1.54, 1.807) is 24.8 Å². The molecule has 1 aromatic carbocycles. The number of halogens is 1. The van der Waals surface area contributed by atoms with Gasteiger partial charge in [0.1, 0.15) is 6.04 Å². The van der Waals surface area contributed by atoms with Crippen LogP contribution in [-0.4, -0.2) is 56.8 Å². The van der Waals surface area contributed by atoms with E-state index >= 15 is 0 Å². The van der Waals surface area contributed by atoms with Gasteiger partial charge < -0.3 is 15.0 Å². The maximum absolute atomic E-state index is 13.8. The number of aromatic nitrogens is 2. The molecule has 2 fully saturated rings. The van der Waals surface area contributed by atoms with Crippen LogP contribution in [0.15, 0.2) is 30.5 Å². The highest BCUT2D eigenvalue weighted by atomic mass is 35.5. The van der Waals surface area contributed by atoms with Crippen molar-refractivity contribution in [1.82, 2.24) is 31.0 Å². The molecule has 212 valence electrons. The molecule has 0 bridgehead atoms. The molecule has 11 nitrogen and oxygen atoms in total. The van der Waals surface area contributed by atoms with Gasteiger partial charge in [0.25, 0.3) is 11.8 Å². The second kappa shape index (κ2) is 11.8. The number of aryl methyl sites for hydroxylation is 1. The van der Waals surface area contributed by atoms with Crippen molar-refractivity contribution in [2.45, 2.75) is 84.2 Å². The van der Waals surface area contributed by atoms with Crippen molar-refractivity contribution in [3.63, 3.8) is 0 Å². The normalized spacial score (nSPS) is 23.6. The predicted molar refractivity (Wildman–Crippen MR) is 147 cm³/mol. The Morgan fingerprint density at radius 3 is 2.75 bits per heavy atom. The molecule has 0 radical (unpaired) electrons. The van der Waals surface area contributed by atoms with Gasteiger partial charge in [-0.15, -0.1) is 0 Å². The number of nitriles is 1. The fraction of sp³-hybridized carbons (Fsp3) is 0.500. The van der Waals surface area contributed by atoms with E-state index in [0.29, 0.717) is 30.0 Å². The lowest BCUT2D eigenvalue weighted by molar-refractivity contribution is -0.137. The first-order valence-corrected chi connectivity index (χ1v) is 13.6. The molecule has 3 heterocycles. The lowest BCUT2D eigenvalue weighted by Gasteiger charge is -2.38. The minimum atomic E-state index is -0.913. The molecule has 2 aliphatic heterocycles. The topological polar surface area (TPSA) is 149 Å². The SMILES string of the molecule is Cc1nc(C(=O)N[C@H](C)C(=O)N2[C@H](c3cccc(Cl)c3)CC[C@@H]2C(C)(C)C#N)ncc1OC1CC(C)NNC1=O. The number of hydrogen-bond donors (Lipinski definition) is 3. The first-order chi connectivity index (χ1) is 18.9. The molecular weight excluding hydrogens is 534 g/mol. The number of carbonyl (C=O) groups excluding carboxylic acids is 3. The number of rotatable bonds is 7. The van der Waals surface area contributed by atoms with Crippen molar-refractivity contribution in [1.29, 1.82) is 5.26 Å². The lowest BCUT2D eigenvalue weighted by atomic mass is 9.84. The van der Waals surface area contributed by atoms with E-state index in [-0.39, 0.29) is 41.5 Å². The number of nitrogens with one attached hydrogen (secondary N) is 3. The fourth-order valence-electron chi connectivity index (χ4n) is 5.19. The van der Waals surface area contributed by atoms with Crippen LogP contribution in [0.5, 0.6) is 5.75 Å². The average Bonchev–Trinajstić information content (AvgIpc) is 3.37. The third kappa shape index (κ3) is 6.18. The van der Waals surface area contributed by atoms with Crippen LogP contribution in [0.4, 0.5) is 0 Å². The number of hydrogen-bond acceptors (Lipinski definition) is 8. The van der Waals surface area contributed by atoms with Crippen LogP contribution >= 0.6 is 11.6 Å². The summed E-state index contributed by atoms with van der Waals surface area (Å²) in [6.07, 6.45) is 2.41. The van der Waals surface area contributed by atoms with Crippen molar-refractivity contribution < 1.29 is 19.1 Å². The largest absolute Gasteiger partial charge is 0.477 e. The predicted octanol–water partition coefficient (Wildman–Crippen LogP) is 3.00. The molecule has 1 aromatic heterocycles. The van der Waals surface area contributed by atoms with Gasteiger partial charge in [-0.1, -0.05) is 23.7 Å². The van der Waals surface area contributed by atoms with Gasteiger partial charge in [0.05, 0.1) is 35.5 Å². The van der Waals surface area contributed by atoms with E-state index in [2.05, 4.69) is 32.2 Å². The fourth-order valence-corrected chi connectivity index (χ4v) is 5.39. The molecule has 2 saturated heterocycles. The minimum absolute atomic E-state index is 0.0282. The molecule has 4 rings (SSSR count). The zero-order chi connectivity index (χ0) is 29.2. The maximum Gasteiger partial charge on any atom is 0.289 e. The maximum atomic E-state index is 13.8. The Morgan fingerprint density at radius 2 is 2.08 bits per heavy atom. The van der Waals surface area contributed by atoms with Gasteiger partial charge in [-0.3, -0.25) is 19.8 Å². The first-order valence-electron chi connectivity index (χ1n) is 13.3. The molecule has 2 unspecified atom stereocenters. The van der Waals surface area contributed by atoms with Crippen molar-refractivity contribution in [2.24, 2.45) is 5.41 Å². The highest BCUT2D eigenvalue weighted by Gasteiger charge is 2.46. The first kappa shape index (κ1) is 29.2. The number of amides is 3. The molecule has 2 aliphatic rings. The molecular formula is C28H34ClN7O4. The Hall–Kier alpha value is -3.75. The Bertz CT molecular complexity index is 1340. The van der Waals surface area contributed by atoms with Gasteiger partial charge >= 0.3 is 0 Å². The van der Waals surface area contributed by atoms with E-state index < -0.39 is 23.5 Å². The Balaban J connectivity index is 1.50. The molecule has 3 N–H and O–H groups in total. The average molecular weight is 568 g/mol. The smallest absolute Gasteiger partial charge is 0.289 e. The number of ether oxygens (including phenoxy) is 1. The zero-order valence-corrected chi connectivity index (χ0v) is 24.0. The molecule has 12 heteroatoms. The Morgan fingerprint density at radius 1 is 1.32 bits per heavy atom. The zero-order valence-electron chi connectivity index (χ0n) is 23.2. The molecule has 40 heavy (non-hydrogen) atoms. The van der Waals surface area contributed by atoms with Gasteiger partial charge in [-0.05, 0) is 65.2 Å². The van der Waals surface area contributed by atoms with E-state index in [0.717, 1.165) is 5.56 Å². The second-order valence-corrected chi connectivity index (χ2v) is 11.4. The van der Waals surface area contributed by atoms with Gasteiger partial charge in [-0.2, -0.15) is 5.26 Å². The van der Waals surface area contributed by atoms with Crippen LogP contribution in [0.1, 0.15) is 74.9 Å². The van der Waals surface area contributed by atoms with Crippen LogP contribution in [0.25, 0.3) is 0 Å². The summed E-state index contributed by atoms with van der Waals surface area (Å²) in [6.45, 7) is 8.80. The summed E-state index contributed by atoms with van der Waals surface area (Å²) >= 11 is 6.24. The van der Waals surface area contributed by atoms with Crippen molar-refractivity contribution >= 4 is 29.3 Å². The van der Waals surface area contributed by atoms with Crippen LogP contribution < -0.4 is 20.9 Å². The quantitative estimate of drug-likeness (QED) is 0.462. The third-order valence-corrected chi connectivity index (χ3v) is 7.66. The molecule has 3 amide bonds. The van der Waals surface area contributed by atoms with Crippen LogP contribution in [0, 0.1) is 23.7 Å². The summed E-state index contributed by atoms with van der Waals surface area (Å²) in [4.78, 5) is 49.1. The van der Waals surface area contributed by atoms with Gasteiger partial charge in [0, 0.05) is 17.5 Å². The molecule has 0 aliphatic carbocycles. The highest BCUT2D eigenvalue weighted by Crippen LogP contribution is 2.43. The number of hydrazine groups is 1. The second-order valence-electron chi connectivity index (χ2n) is 11.0. The summed E-state index contributed by atoms with van der Waals surface area (Å²) in [5.41, 5.74) is 5.87. The number of benzene rings is 1. The number of likely N-dealkylation sites (tertiary alicyclic amines) is 1. The number of carbonyl (C=O) groups is 3. The van der Waals surface area contributed by atoms with Crippen molar-refractivity contribution in [2.75, 3.05) is 0 Å². The van der Waals surface area contributed by atoms with E-state index in [1.165, 1.54) is 6.20 Å². The highest BCUT2D eigenvalue weighted by molar-refractivity contribution is 6.30. The molecule has 0 spiro atoms. The lowest BCUT2D eigenvalue weighted by Crippen LogP contribution is -2.56. The van der Waals surface area contributed by atoms with Gasteiger partial charge in [0.15, 0.2) is 11.9 Å². The monoisotopic (exact) mass is 567 g/mol. The van der Waals surface area contributed by atoms with Crippen LogP contribution in [0.2, 0.25) is 5.02 Å². The number of nitrogens with zero attached hydrogens (tertiary/aromatic N) is 4. The Labute approximate surface area is 238 Å². The van der Waals surface area contributed by atoms with E-state index in [1.807, 2.05) is 39.0 Å². The molecule has 5 atom stereocenters. The summed E-state index contributed by atoms with van der Waals surface area (Å²) < 4.78 is 5.80. The summed E-state index contributed by atoms with van der Waals surface area (Å²) in [7, 11) is 0. The van der Waals surface area contributed by atoms with Crippen LogP contribution in [0.3, 0.4) is 0 Å². The Kier molecular flexibility index (Phi) is 8.61. The van der Waals surface area contributed by atoms with E-state index in [9.17, 15) is 19.6 Å². The van der Waals surface area contributed by atoms with E-state index in [4.69, 9.17) is 16.3 Å². The van der Waals surface area contributed by atoms with Crippen molar-refractivity contribution in [3.05, 3.63) is 52.6 Å². The summed E-state index contributed by atoms with van der Waals surface area (Å²) in [6, 6.07) is 8.16. The third-order valence-electron chi connectivity index (χ3n) is 7.42.